The van der Waals surface area contributed by atoms with Crippen LogP contribution in [-0.2, 0) is 4.79 Å². The summed E-state index contributed by atoms with van der Waals surface area (Å²) in [6.07, 6.45) is 0.752. The van der Waals surface area contributed by atoms with Gasteiger partial charge in [0.05, 0.1) is 6.54 Å². The summed E-state index contributed by atoms with van der Waals surface area (Å²) < 4.78 is 12.9. The van der Waals surface area contributed by atoms with Crippen molar-refractivity contribution < 1.29 is 14.0 Å². The Morgan fingerprint density at radius 3 is 2.38 bits per heavy atom. The molecule has 2 rings (SSSR count). The molecule has 21 heavy (non-hydrogen) atoms. The summed E-state index contributed by atoms with van der Waals surface area (Å²) >= 11 is 0. The van der Waals surface area contributed by atoms with Gasteiger partial charge < -0.3 is 15.1 Å². The zero-order valence-corrected chi connectivity index (χ0v) is 12.1. The van der Waals surface area contributed by atoms with E-state index in [1.807, 2.05) is 0 Å². The molecule has 1 fully saturated rings. The largest absolute Gasteiger partial charge is 0.340 e. The van der Waals surface area contributed by atoms with Crippen molar-refractivity contribution in [2.24, 2.45) is 0 Å². The fraction of sp³-hybridized carbons (Fsp3) is 0.467. The third-order valence-corrected chi connectivity index (χ3v) is 3.55. The number of carbonyl (C=O) groups excluding carboxylic acids is 2. The van der Waals surface area contributed by atoms with Crippen molar-refractivity contribution in [1.29, 1.82) is 0 Å². The predicted molar refractivity (Wildman–Crippen MR) is 77.4 cm³/mol. The maximum Gasteiger partial charge on any atom is 0.253 e. The highest BCUT2D eigenvalue weighted by Crippen LogP contribution is 2.10. The first-order valence-electron chi connectivity index (χ1n) is 7.09. The molecule has 114 valence electrons. The van der Waals surface area contributed by atoms with E-state index < -0.39 is 0 Å². The fourth-order valence-electron chi connectivity index (χ4n) is 2.41. The average molecular weight is 293 g/mol. The summed E-state index contributed by atoms with van der Waals surface area (Å²) in [4.78, 5) is 27.7. The molecule has 0 radical (unpaired) electrons. The number of benzene rings is 1. The van der Waals surface area contributed by atoms with Crippen LogP contribution in [0.1, 0.15) is 16.8 Å². The van der Waals surface area contributed by atoms with Gasteiger partial charge in [0.1, 0.15) is 5.82 Å². The number of nitrogens with one attached hydrogen (secondary N) is 1. The second kappa shape index (κ2) is 7.17. The molecule has 1 aliphatic rings. The lowest BCUT2D eigenvalue weighted by Crippen LogP contribution is -2.40. The van der Waals surface area contributed by atoms with E-state index in [2.05, 4.69) is 5.32 Å². The van der Waals surface area contributed by atoms with E-state index in [0.717, 1.165) is 6.42 Å². The Bertz CT molecular complexity index is 504. The molecule has 0 saturated carbocycles. The van der Waals surface area contributed by atoms with Crippen LogP contribution in [0.3, 0.4) is 0 Å². The summed E-state index contributed by atoms with van der Waals surface area (Å²) in [5.41, 5.74) is 0.478. The third kappa shape index (κ3) is 4.01. The van der Waals surface area contributed by atoms with Crippen LogP contribution in [0, 0.1) is 5.82 Å². The SMILES string of the molecule is CNCC(=O)N1CCCN(C(=O)c2ccc(F)cc2)CC1. The second-order valence-corrected chi connectivity index (χ2v) is 5.06. The molecule has 1 aromatic rings. The van der Waals surface area contributed by atoms with Crippen molar-refractivity contribution >= 4 is 11.8 Å². The number of hydrogen-bond donors (Lipinski definition) is 1. The average Bonchev–Trinajstić information content (AvgIpc) is 2.73. The van der Waals surface area contributed by atoms with E-state index >= 15 is 0 Å². The zero-order valence-electron chi connectivity index (χ0n) is 12.1. The van der Waals surface area contributed by atoms with Gasteiger partial charge in [-0.2, -0.15) is 0 Å². The Morgan fingerprint density at radius 1 is 1.10 bits per heavy atom. The predicted octanol–water partition coefficient (Wildman–Crippen LogP) is 0.720. The van der Waals surface area contributed by atoms with Gasteiger partial charge >= 0.3 is 0 Å². The highest BCUT2D eigenvalue weighted by molar-refractivity contribution is 5.94. The topological polar surface area (TPSA) is 52.7 Å². The molecular formula is C15H20FN3O2. The molecule has 1 saturated heterocycles. The van der Waals surface area contributed by atoms with Crippen LogP contribution in [0.2, 0.25) is 0 Å². The van der Waals surface area contributed by atoms with E-state index in [0.29, 0.717) is 38.3 Å². The highest BCUT2D eigenvalue weighted by atomic mass is 19.1. The van der Waals surface area contributed by atoms with Gasteiger partial charge in [-0.15, -0.1) is 0 Å². The van der Waals surface area contributed by atoms with E-state index in [-0.39, 0.29) is 17.6 Å². The minimum atomic E-state index is -0.355. The number of likely N-dealkylation sites (N-methyl/N-ethyl adjacent to an activating group) is 1. The smallest absolute Gasteiger partial charge is 0.253 e. The van der Waals surface area contributed by atoms with Crippen molar-refractivity contribution in [3.8, 4) is 0 Å². The van der Waals surface area contributed by atoms with Crippen molar-refractivity contribution in [3.05, 3.63) is 35.6 Å². The normalized spacial score (nSPS) is 15.7. The number of nitrogens with zero attached hydrogens (tertiary/aromatic N) is 2. The lowest BCUT2D eigenvalue weighted by Gasteiger charge is -2.22. The van der Waals surface area contributed by atoms with Crippen molar-refractivity contribution in [1.82, 2.24) is 15.1 Å². The molecule has 1 heterocycles. The van der Waals surface area contributed by atoms with Gasteiger partial charge in [0.25, 0.3) is 5.91 Å². The zero-order chi connectivity index (χ0) is 15.2. The number of carbonyl (C=O) groups is 2. The Kier molecular flexibility index (Phi) is 5.27. The summed E-state index contributed by atoms with van der Waals surface area (Å²) in [6.45, 7) is 2.62. The van der Waals surface area contributed by atoms with Crippen LogP contribution >= 0.6 is 0 Å². The Labute approximate surface area is 123 Å². The molecule has 0 atom stereocenters. The number of amides is 2. The number of rotatable bonds is 3. The van der Waals surface area contributed by atoms with Crippen LogP contribution in [0.4, 0.5) is 4.39 Å². The third-order valence-electron chi connectivity index (χ3n) is 3.55. The van der Waals surface area contributed by atoms with E-state index in [1.54, 1.807) is 16.8 Å². The standard InChI is InChI=1S/C15H20FN3O2/c1-17-11-14(20)18-7-2-8-19(10-9-18)15(21)12-3-5-13(16)6-4-12/h3-6,17H,2,7-11H2,1H3. The fourth-order valence-corrected chi connectivity index (χ4v) is 2.41. The molecule has 1 N–H and O–H groups in total. The van der Waals surface area contributed by atoms with E-state index in [4.69, 9.17) is 0 Å². The van der Waals surface area contributed by atoms with Gasteiger partial charge in [-0.3, -0.25) is 9.59 Å². The van der Waals surface area contributed by atoms with Crippen LogP contribution in [-0.4, -0.2) is 61.4 Å². The van der Waals surface area contributed by atoms with Gasteiger partial charge in [0.15, 0.2) is 0 Å². The molecule has 0 aromatic heterocycles. The highest BCUT2D eigenvalue weighted by Gasteiger charge is 2.22. The molecular weight excluding hydrogens is 273 g/mol. The molecule has 0 spiro atoms. The maximum atomic E-state index is 12.9. The van der Waals surface area contributed by atoms with Gasteiger partial charge in [0.2, 0.25) is 5.91 Å². The minimum absolute atomic E-state index is 0.0496. The second-order valence-electron chi connectivity index (χ2n) is 5.06. The van der Waals surface area contributed by atoms with Crippen molar-refractivity contribution in [3.63, 3.8) is 0 Å². The summed E-state index contributed by atoms with van der Waals surface area (Å²) in [5.74, 6) is -0.419. The Morgan fingerprint density at radius 2 is 1.71 bits per heavy atom. The molecule has 0 unspecified atom stereocenters. The minimum Gasteiger partial charge on any atom is -0.340 e. The Hall–Kier alpha value is -1.95. The van der Waals surface area contributed by atoms with Gasteiger partial charge in [-0.25, -0.2) is 4.39 Å². The number of halogens is 1. The molecule has 1 aromatic carbocycles. The first-order valence-corrected chi connectivity index (χ1v) is 7.09. The first-order chi connectivity index (χ1) is 10.1. The Balaban J connectivity index is 1.97. The summed E-state index contributed by atoms with van der Waals surface area (Å²) in [7, 11) is 1.74. The number of hydrogen-bond acceptors (Lipinski definition) is 3. The molecule has 2 amide bonds. The lowest BCUT2D eigenvalue weighted by molar-refractivity contribution is -0.130. The van der Waals surface area contributed by atoms with E-state index in [1.165, 1.54) is 24.3 Å². The molecule has 1 aliphatic heterocycles. The molecule has 0 aliphatic carbocycles. The van der Waals surface area contributed by atoms with Crippen molar-refractivity contribution in [2.45, 2.75) is 6.42 Å². The van der Waals surface area contributed by atoms with Crippen LogP contribution in [0.5, 0.6) is 0 Å². The van der Waals surface area contributed by atoms with Crippen LogP contribution in [0.25, 0.3) is 0 Å². The lowest BCUT2D eigenvalue weighted by atomic mass is 10.2. The summed E-state index contributed by atoms with van der Waals surface area (Å²) in [6, 6.07) is 5.56. The van der Waals surface area contributed by atoms with Crippen molar-refractivity contribution in [2.75, 3.05) is 39.8 Å². The maximum absolute atomic E-state index is 12.9. The molecule has 5 nitrogen and oxygen atoms in total. The summed E-state index contributed by atoms with van der Waals surface area (Å²) in [5, 5.41) is 2.84. The van der Waals surface area contributed by atoms with Gasteiger partial charge in [-0.1, -0.05) is 0 Å². The van der Waals surface area contributed by atoms with Crippen LogP contribution in [0.15, 0.2) is 24.3 Å². The van der Waals surface area contributed by atoms with E-state index in [9.17, 15) is 14.0 Å². The van der Waals surface area contributed by atoms with Gasteiger partial charge in [-0.05, 0) is 37.7 Å². The molecule has 6 heteroatoms. The van der Waals surface area contributed by atoms with Gasteiger partial charge in [0, 0.05) is 31.7 Å². The first kappa shape index (κ1) is 15.4. The monoisotopic (exact) mass is 293 g/mol. The molecule has 0 bridgehead atoms. The van der Waals surface area contributed by atoms with Crippen LogP contribution < -0.4 is 5.32 Å². The quantitative estimate of drug-likeness (QED) is 0.893.